The average molecular weight is 690 g/mol. The second-order valence-electron chi connectivity index (χ2n) is 11.9. The molecule has 0 aliphatic carbocycles. The summed E-state index contributed by atoms with van der Waals surface area (Å²) in [7, 11) is 0. The summed E-state index contributed by atoms with van der Waals surface area (Å²) in [4.78, 5) is 38.5. The van der Waals surface area contributed by atoms with Gasteiger partial charge in [-0.3, -0.25) is 14.3 Å². The molecule has 0 unspecified atom stereocenters. The van der Waals surface area contributed by atoms with Crippen LogP contribution in [0.15, 0.2) is 58.9 Å². The predicted molar refractivity (Wildman–Crippen MR) is 172 cm³/mol. The smallest absolute Gasteiger partial charge is 0.352 e. The Bertz CT molecular complexity index is 1990. The maximum absolute atomic E-state index is 15.5. The molecule has 0 bridgehead atoms. The Morgan fingerprint density at radius 1 is 1.09 bits per heavy atom. The van der Waals surface area contributed by atoms with Crippen molar-refractivity contribution >= 4 is 46.0 Å². The van der Waals surface area contributed by atoms with E-state index in [4.69, 9.17) is 11.6 Å². The number of pyridine rings is 1. The van der Waals surface area contributed by atoms with E-state index in [0.717, 1.165) is 35.2 Å². The molecule has 7 nitrogen and oxygen atoms in total. The van der Waals surface area contributed by atoms with Crippen molar-refractivity contribution in [2.45, 2.75) is 56.4 Å². The van der Waals surface area contributed by atoms with E-state index in [-0.39, 0.29) is 70.9 Å². The Balaban J connectivity index is 1.66. The molecule has 0 saturated carbocycles. The van der Waals surface area contributed by atoms with Gasteiger partial charge in [0, 0.05) is 82.8 Å². The molecule has 2 aliphatic heterocycles. The SMILES string of the molecule is C=CC(=O)N1[C@H](C)CN(c2nc(=O)n3c4c(c(-c5cc(Cl)c(F)cc5F)c(C(F)(F)F)cc24)SC[C@@H](c2ccnc(C)c2)C3)C[C@@H]1C. The number of nitrogens with zero attached hydrogens (tertiary/aromatic N) is 5. The number of thioether (sulfide) groups is 1. The molecule has 2 aromatic heterocycles. The monoisotopic (exact) mass is 689 g/mol. The molecule has 2 aliphatic rings. The largest absolute Gasteiger partial charge is 0.417 e. The Labute approximate surface area is 276 Å². The van der Waals surface area contributed by atoms with Gasteiger partial charge in [-0.05, 0) is 56.7 Å². The summed E-state index contributed by atoms with van der Waals surface area (Å²) < 4.78 is 76.2. The van der Waals surface area contributed by atoms with Gasteiger partial charge in [-0.25, -0.2) is 13.6 Å². The van der Waals surface area contributed by atoms with Gasteiger partial charge in [0.2, 0.25) is 5.91 Å². The fourth-order valence-corrected chi connectivity index (χ4v) is 8.22. The van der Waals surface area contributed by atoms with Crippen LogP contribution in [0.1, 0.15) is 36.6 Å². The lowest BCUT2D eigenvalue weighted by molar-refractivity contribution is -0.137. The van der Waals surface area contributed by atoms with Crippen molar-refractivity contribution in [1.29, 1.82) is 0 Å². The van der Waals surface area contributed by atoms with Crippen LogP contribution in [0.4, 0.5) is 27.8 Å². The highest BCUT2D eigenvalue weighted by Gasteiger charge is 2.40. The summed E-state index contributed by atoms with van der Waals surface area (Å²) in [5.41, 5.74) is -1.24. The van der Waals surface area contributed by atoms with Crippen molar-refractivity contribution in [3.63, 3.8) is 0 Å². The van der Waals surface area contributed by atoms with Crippen LogP contribution >= 0.6 is 23.4 Å². The molecule has 246 valence electrons. The number of halogens is 6. The van der Waals surface area contributed by atoms with Crippen molar-refractivity contribution < 1.29 is 26.7 Å². The highest BCUT2D eigenvalue weighted by Crippen LogP contribution is 2.50. The van der Waals surface area contributed by atoms with Crippen LogP contribution in [0.2, 0.25) is 5.02 Å². The van der Waals surface area contributed by atoms with Crippen molar-refractivity contribution in [1.82, 2.24) is 19.4 Å². The topological polar surface area (TPSA) is 71.3 Å². The molecule has 6 rings (SSSR count). The molecule has 47 heavy (non-hydrogen) atoms. The van der Waals surface area contributed by atoms with Gasteiger partial charge in [-0.15, -0.1) is 11.8 Å². The zero-order chi connectivity index (χ0) is 33.9. The second kappa shape index (κ2) is 12.2. The van der Waals surface area contributed by atoms with Crippen LogP contribution in [0, 0.1) is 18.6 Å². The summed E-state index contributed by atoms with van der Waals surface area (Å²) in [6, 6.07) is 5.05. The molecule has 0 radical (unpaired) electrons. The Morgan fingerprint density at radius 3 is 2.43 bits per heavy atom. The standard InChI is InChI=1S/C33H29ClF5N5O2S/c1-5-27(45)44-17(3)12-42(13-18(44)4)31-22-9-23(33(37,38)39)28(21-10-24(34)26(36)11-25(21)35)30-29(22)43(32(46)41-31)14-20(15-47-30)19-6-7-40-16(2)8-19/h5-11,17-18,20H,1,12-15H2,2-4H3/t17-,18+,20-/m0/s1. The molecule has 2 aromatic carbocycles. The van der Waals surface area contributed by atoms with Crippen LogP contribution in [-0.4, -0.2) is 56.3 Å². The lowest BCUT2D eigenvalue weighted by atomic mass is 9.95. The number of carbonyl (C=O) groups is 1. The summed E-state index contributed by atoms with van der Waals surface area (Å²) in [6.45, 7) is 9.41. The van der Waals surface area contributed by atoms with Crippen molar-refractivity contribution in [2.75, 3.05) is 23.7 Å². The number of aromatic nitrogens is 3. The van der Waals surface area contributed by atoms with E-state index in [1.54, 1.807) is 35.9 Å². The van der Waals surface area contributed by atoms with Gasteiger partial charge in [0.05, 0.1) is 16.1 Å². The number of anilines is 1. The second-order valence-corrected chi connectivity index (χ2v) is 13.3. The Kier molecular flexibility index (Phi) is 8.58. The third kappa shape index (κ3) is 5.88. The summed E-state index contributed by atoms with van der Waals surface area (Å²) >= 11 is 7.05. The van der Waals surface area contributed by atoms with Crippen LogP contribution in [-0.2, 0) is 17.5 Å². The Hall–Kier alpha value is -3.97. The molecule has 1 saturated heterocycles. The molecule has 1 fully saturated rings. The molecular weight excluding hydrogens is 661 g/mol. The fraction of sp³-hybridized carbons (Fsp3) is 0.333. The quantitative estimate of drug-likeness (QED) is 0.128. The van der Waals surface area contributed by atoms with E-state index in [2.05, 4.69) is 16.5 Å². The zero-order valence-electron chi connectivity index (χ0n) is 25.5. The minimum absolute atomic E-state index is 0.00648. The maximum Gasteiger partial charge on any atom is 0.417 e. The van der Waals surface area contributed by atoms with E-state index in [1.807, 2.05) is 13.0 Å². The Morgan fingerprint density at radius 2 is 1.79 bits per heavy atom. The van der Waals surface area contributed by atoms with Crippen molar-refractivity contribution in [3.8, 4) is 11.1 Å². The predicted octanol–water partition coefficient (Wildman–Crippen LogP) is 7.22. The highest BCUT2D eigenvalue weighted by atomic mass is 35.5. The van der Waals surface area contributed by atoms with Gasteiger partial charge < -0.3 is 9.80 Å². The van der Waals surface area contributed by atoms with Crippen molar-refractivity contribution in [2.24, 2.45) is 0 Å². The number of hydrogen-bond donors (Lipinski definition) is 0. The molecule has 14 heteroatoms. The third-order valence-electron chi connectivity index (χ3n) is 8.65. The normalized spacial score (nSPS) is 20.0. The number of hydrogen-bond acceptors (Lipinski definition) is 6. The number of carbonyl (C=O) groups excluding carboxylic acids is 1. The number of alkyl halides is 3. The van der Waals surface area contributed by atoms with Gasteiger partial charge in [-0.2, -0.15) is 18.2 Å². The molecule has 0 N–H and O–H groups in total. The van der Waals surface area contributed by atoms with Crippen LogP contribution in [0.25, 0.3) is 22.0 Å². The first-order chi connectivity index (χ1) is 22.2. The number of piperazine rings is 1. The van der Waals surface area contributed by atoms with E-state index in [9.17, 15) is 14.0 Å². The summed E-state index contributed by atoms with van der Waals surface area (Å²) in [5, 5.41) is -0.500. The van der Waals surface area contributed by atoms with E-state index < -0.39 is 45.2 Å². The summed E-state index contributed by atoms with van der Waals surface area (Å²) in [6.07, 6.45) is -2.17. The highest BCUT2D eigenvalue weighted by molar-refractivity contribution is 7.99. The van der Waals surface area contributed by atoms with Gasteiger partial charge in [0.15, 0.2) is 0 Å². The summed E-state index contributed by atoms with van der Waals surface area (Å²) in [5.74, 6) is -2.72. The number of rotatable bonds is 4. The van der Waals surface area contributed by atoms with E-state index >= 15 is 17.6 Å². The first-order valence-electron chi connectivity index (χ1n) is 14.8. The van der Waals surface area contributed by atoms with Crippen LogP contribution < -0.4 is 10.6 Å². The van der Waals surface area contributed by atoms with Gasteiger partial charge in [0.1, 0.15) is 17.5 Å². The first-order valence-corrected chi connectivity index (χ1v) is 16.1. The number of amides is 1. The lowest BCUT2D eigenvalue weighted by Crippen LogP contribution is -2.58. The van der Waals surface area contributed by atoms with E-state index in [1.165, 1.54) is 10.6 Å². The zero-order valence-corrected chi connectivity index (χ0v) is 27.1. The average Bonchev–Trinajstić information content (AvgIpc) is 3.21. The van der Waals surface area contributed by atoms with Gasteiger partial charge in [-0.1, -0.05) is 18.2 Å². The maximum atomic E-state index is 15.5. The molecule has 0 spiro atoms. The molecule has 3 atom stereocenters. The molecule has 4 heterocycles. The number of benzene rings is 2. The minimum Gasteiger partial charge on any atom is -0.352 e. The van der Waals surface area contributed by atoms with Crippen LogP contribution in [0.5, 0.6) is 0 Å². The third-order valence-corrected chi connectivity index (χ3v) is 10.2. The molecule has 1 amide bonds. The van der Waals surface area contributed by atoms with E-state index in [0.29, 0.717) is 6.07 Å². The number of aryl methyl sites for hydroxylation is 1. The molecular formula is C33H29ClF5N5O2S. The van der Waals surface area contributed by atoms with Crippen molar-refractivity contribution in [3.05, 3.63) is 93.1 Å². The van der Waals surface area contributed by atoms with Gasteiger partial charge >= 0.3 is 11.9 Å². The minimum atomic E-state index is -4.99. The molecule has 4 aromatic rings. The fourth-order valence-electron chi connectivity index (χ4n) is 6.66. The van der Waals surface area contributed by atoms with Gasteiger partial charge in [0.25, 0.3) is 0 Å². The lowest BCUT2D eigenvalue weighted by Gasteiger charge is -2.44. The first kappa shape index (κ1) is 33.0. The van der Waals surface area contributed by atoms with Crippen LogP contribution in [0.3, 0.4) is 0 Å².